The molecule has 0 saturated carbocycles. The van der Waals surface area contributed by atoms with Crippen LogP contribution in [0.2, 0.25) is 0 Å². The predicted molar refractivity (Wildman–Crippen MR) is 67.3 cm³/mol. The molecule has 0 spiro atoms. The molecular formula is C12H17NO3S. The smallest absolute Gasteiger partial charge is 0.157 e. The molecule has 2 rings (SSSR count). The summed E-state index contributed by atoms with van der Waals surface area (Å²) in [5, 5.41) is -0.266. The lowest BCUT2D eigenvalue weighted by Crippen LogP contribution is -2.29. The van der Waals surface area contributed by atoms with Gasteiger partial charge in [0.2, 0.25) is 0 Å². The summed E-state index contributed by atoms with van der Waals surface area (Å²) in [6.07, 6.45) is 1.20. The Hall–Kier alpha value is -1.07. The lowest BCUT2D eigenvalue weighted by molar-refractivity contribution is 0.0983. The number of ether oxygens (including phenoxy) is 1. The van der Waals surface area contributed by atoms with Crippen molar-refractivity contribution in [3.05, 3.63) is 29.8 Å². The maximum absolute atomic E-state index is 12.2. The monoisotopic (exact) mass is 255 g/mol. The van der Waals surface area contributed by atoms with E-state index >= 15 is 0 Å². The molecule has 1 saturated heterocycles. The van der Waals surface area contributed by atoms with Crippen molar-refractivity contribution in [1.82, 2.24) is 0 Å². The molecule has 1 heterocycles. The van der Waals surface area contributed by atoms with Gasteiger partial charge in [0.05, 0.1) is 11.0 Å². The van der Waals surface area contributed by atoms with E-state index < -0.39 is 9.84 Å². The van der Waals surface area contributed by atoms with Gasteiger partial charge in [-0.2, -0.15) is 0 Å². The quantitative estimate of drug-likeness (QED) is 0.828. The summed E-state index contributed by atoms with van der Waals surface area (Å²) >= 11 is 0. The van der Waals surface area contributed by atoms with Crippen LogP contribution in [0, 0.1) is 0 Å². The maximum Gasteiger partial charge on any atom is 0.157 e. The molecule has 4 nitrogen and oxygen atoms in total. The standard InChI is InChI=1S/C12H17NO3S/c13-11-3-1-2-10(8-11)9-17(14,15)12-4-6-16-7-5-12/h1-3,8,12H,4-7,9,13H2. The van der Waals surface area contributed by atoms with Crippen molar-refractivity contribution in [1.29, 1.82) is 0 Å². The summed E-state index contributed by atoms with van der Waals surface area (Å²) < 4.78 is 29.5. The molecule has 0 radical (unpaired) electrons. The Labute approximate surface area is 102 Å². The van der Waals surface area contributed by atoms with Gasteiger partial charge in [-0.25, -0.2) is 8.42 Å². The molecule has 5 heteroatoms. The number of sulfone groups is 1. The van der Waals surface area contributed by atoms with E-state index in [0.717, 1.165) is 5.56 Å². The van der Waals surface area contributed by atoms with E-state index in [1.54, 1.807) is 24.3 Å². The van der Waals surface area contributed by atoms with Crippen LogP contribution in [0.4, 0.5) is 5.69 Å². The minimum absolute atomic E-state index is 0.0721. The average Bonchev–Trinajstić information content (AvgIpc) is 2.29. The summed E-state index contributed by atoms with van der Waals surface area (Å²) in [6, 6.07) is 7.05. The van der Waals surface area contributed by atoms with Crippen LogP contribution in [-0.4, -0.2) is 26.9 Å². The van der Waals surface area contributed by atoms with Crippen LogP contribution in [0.1, 0.15) is 18.4 Å². The SMILES string of the molecule is Nc1cccc(CS(=O)(=O)C2CCOCC2)c1. The molecule has 0 unspecified atom stereocenters. The van der Waals surface area contributed by atoms with Crippen molar-refractivity contribution in [3.8, 4) is 0 Å². The average molecular weight is 255 g/mol. The fourth-order valence-electron chi connectivity index (χ4n) is 2.07. The third-order valence-electron chi connectivity index (χ3n) is 3.00. The topological polar surface area (TPSA) is 69.4 Å². The van der Waals surface area contributed by atoms with Crippen LogP contribution in [0.3, 0.4) is 0 Å². The predicted octanol–water partition coefficient (Wildman–Crippen LogP) is 1.36. The van der Waals surface area contributed by atoms with Gasteiger partial charge in [0.1, 0.15) is 0 Å². The molecule has 0 bridgehead atoms. The van der Waals surface area contributed by atoms with E-state index in [9.17, 15) is 8.42 Å². The minimum Gasteiger partial charge on any atom is -0.399 e. The normalized spacial score (nSPS) is 18.1. The second-order valence-electron chi connectivity index (χ2n) is 4.36. The van der Waals surface area contributed by atoms with E-state index in [1.807, 2.05) is 0 Å². The van der Waals surface area contributed by atoms with Gasteiger partial charge in [-0.1, -0.05) is 12.1 Å². The van der Waals surface area contributed by atoms with E-state index in [-0.39, 0.29) is 11.0 Å². The number of nitrogen functional groups attached to an aromatic ring is 1. The molecule has 94 valence electrons. The fraction of sp³-hybridized carbons (Fsp3) is 0.500. The Morgan fingerprint density at radius 2 is 2.00 bits per heavy atom. The number of anilines is 1. The van der Waals surface area contributed by atoms with Gasteiger partial charge in [-0.15, -0.1) is 0 Å². The van der Waals surface area contributed by atoms with Crippen LogP contribution in [0.25, 0.3) is 0 Å². The third kappa shape index (κ3) is 3.20. The second-order valence-corrected chi connectivity index (χ2v) is 6.65. The van der Waals surface area contributed by atoms with Crippen LogP contribution >= 0.6 is 0 Å². The molecule has 0 aliphatic carbocycles. The number of hydrogen-bond donors (Lipinski definition) is 1. The first-order valence-corrected chi connectivity index (χ1v) is 7.43. The molecule has 0 aromatic heterocycles. The highest BCUT2D eigenvalue weighted by molar-refractivity contribution is 7.91. The van der Waals surface area contributed by atoms with Crippen molar-refractivity contribution in [3.63, 3.8) is 0 Å². The number of hydrogen-bond acceptors (Lipinski definition) is 4. The number of benzene rings is 1. The maximum atomic E-state index is 12.2. The molecule has 1 fully saturated rings. The Morgan fingerprint density at radius 3 is 2.65 bits per heavy atom. The summed E-state index contributed by atoms with van der Waals surface area (Å²) in [5.74, 6) is 0.0721. The Bertz CT molecular complexity index is 478. The molecule has 2 N–H and O–H groups in total. The molecule has 1 aromatic rings. The van der Waals surface area contributed by atoms with E-state index in [2.05, 4.69) is 0 Å². The van der Waals surface area contributed by atoms with Crippen LogP contribution in [0.15, 0.2) is 24.3 Å². The summed E-state index contributed by atoms with van der Waals surface area (Å²) in [6.45, 7) is 1.08. The zero-order chi connectivity index (χ0) is 12.3. The lowest BCUT2D eigenvalue weighted by atomic mass is 10.2. The molecule has 0 atom stereocenters. The van der Waals surface area contributed by atoms with Crippen molar-refractivity contribution in [2.45, 2.75) is 23.8 Å². The molecule has 0 amide bonds. The lowest BCUT2D eigenvalue weighted by Gasteiger charge is -2.22. The van der Waals surface area contributed by atoms with Crippen molar-refractivity contribution >= 4 is 15.5 Å². The fourth-order valence-corrected chi connectivity index (χ4v) is 3.86. The van der Waals surface area contributed by atoms with Gasteiger partial charge < -0.3 is 10.5 Å². The first kappa shape index (κ1) is 12.4. The second kappa shape index (κ2) is 5.06. The Balaban J connectivity index is 2.11. The van der Waals surface area contributed by atoms with E-state index in [0.29, 0.717) is 31.7 Å². The highest BCUT2D eigenvalue weighted by Gasteiger charge is 2.27. The van der Waals surface area contributed by atoms with Crippen LogP contribution in [0.5, 0.6) is 0 Å². The number of rotatable bonds is 3. The largest absolute Gasteiger partial charge is 0.399 e. The third-order valence-corrected chi connectivity index (χ3v) is 5.22. The first-order valence-electron chi connectivity index (χ1n) is 5.72. The van der Waals surface area contributed by atoms with E-state index in [4.69, 9.17) is 10.5 Å². The first-order chi connectivity index (χ1) is 8.08. The molecule has 1 aliphatic heterocycles. The van der Waals surface area contributed by atoms with Gasteiger partial charge in [0.15, 0.2) is 9.84 Å². The zero-order valence-electron chi connectivity index (χ0n) is 9.63. The van der Waals surface area contributed by atoms with Gasteiger partial charge in [0, 0.05) is 18.9 Å². The Morgan fingerprint density at radius 1 is 1.29 bits per heavy atom. The molecule has 17 heavy (non-hydrogen) atoms. The highest BCUT2D eigenvalue weighted by Crippen LogP contribution is 2.20. The zero-order valence-corrected chi connectivity index (χ0v) is 10.4. The van der Waals surface area contributed by atoms with E-state index in [1.165, 1.54) is 0 Å². The van der Waals surface area contributed by atoms with Gasteiger partial charge in [-0.3, -0.25) is 0 Å². The molecule has 1 aromatic carbocycles. The molecule has 1 aliphatic rings. The molecular weight excluding hydrogens is 238 g/mol. The van der Waals surface area contributed by atoms with Crippen molar-refractivity contribution in [2.75, 3.05) is 18.9 Å². The minimum atomic E-state index is -3.09. The summed E-state index contributed by atoms with van der Waals surface area (Å²) in [4.78, 5) is 0. The van der Waals surface area contributed by atoms with Gasteiger partial charge in [-0.05, 0) is 30.5 Å². The van der Waals surface area contributed by atoms with Crippen molar-refractivity contribution < 1.29 is 13.2 Å². The van der Waals surface area contributed by atoms with Crippen LogP contribution < -0.4 is 5.73 Å². The number of nitrogens with two attached hydrogens (primary N) is 1. The van der Waals surface area contributed by atoms with Gasteiger partial charge >= 0.3 is 0 Å². The van der Waals surface area contributed by atoms with Crippen molar-refractivity contribution in [2.24, 2.45) is 0 Å². The highest BCUT2D eigenvalue weighted by atomic mass is 32.2. The summed E-state index contributed by atoms with van der Waals surface area (Å²) in [7, 11) is -3.09. The van der Waals surface area contributed by atoms with Gasteiger partial charge in [0.25, 0.3) is 0 Å². The van der Waals surface area contributed by atoms with Crippen LogP contribution in [-0.2, 0) is 20.3 Å². The summed E-state index contributed by atoms with van der Waals surface area (Å²) in [5.41, 5.74) is 7.00. The Kier molecular flexibility index (Phi) is 3.69.